The van der Waals surface area contributed by atoms with Crippen molar-refractivity contribution in [3.8, 4) is 0 Å². The van der Waals surface area contributed by atoms with Gasteiger partial charge in [-0.15, -0.1) is 10.2 Å². The predicted octanol–water partition coefficient (Wildman–Crippen LogP) is 1.34. The lowest BCUT2D eigenvalue weighted by atomic mass is 10.1. The van der Waals surface area contributed by atoms with Crippen molar-refractivity contribution in [2.24, 2.45) is 5.73 Å². The predicted molar refractivity (Wildman–Crippen MR) is 73.8 cm³/mol. The molecule has 1 aliphatic heterocycles. The topological polar surface area (TPSA) is 77.0 Å². The number of alkyl halides is 3. The summed E-state index contributed by atoms with van der Waals surface area (Å²) < 4.78 is 39.4. The molecule has 122 valence electrons. The smallest absolute Gasteiger partial charge is 0.332 e. The number of carbonyl (C=O) groups excluding carboxylic acids is 1. The SMILES string of the molecule is N[C@H](C(=O)N1CCn2c(nnc2C(F)(F)F)C1)c1ccccc1. The van der Waals surface area contributed by atoms with Crippen LogP contribution in [0.1, 0.15) is 23.3 Å². The first kappa shape index (κ1) is 15.5. The van der Waals surface area contributed by atoms with Crippen LogP contribution in [0, 0.1) is 0 Å². The highest BCUT2D eigenvalue weighted by Crippen LogP contribution is 2.29. The van der Waals surface area contributed by atoms with Crippen LogP contribution in [0.4, 0.5) is 13.2 Å². The second-order valence-corrected chi connectivity index (χ2v) is 5.24. The van der Waals surface area contributed by atoms with Gasteiger partial charge >= 0.3 is 6.18 Å². The number of amides is 1. The van der Waals surface area contributed by atoms with E-state index in [-0.39, 0.29) is 31.4 Å². The number of carbonyl (C=O) groups is 1. The van der Waals surface area contributed by atoms with Crippen LogP contribution in [0.15, 0.2) is 30.3 Å². The summed E-state index contributed by atoms with van der Waals surface area (Å²) in [6, 6.07) is 7.96. The number of fused-ring (bicyclic) bond motifs is 1. The van der Waals surface area contributed by atoms with Gasteiger partial charge in [0.2, 0.25) is 11.7 Å². The molecule has 1 aromatic heterocycles. The van der Waals surface area contributed by atoms with Crippen LogP contribution >= 0.6 is 0 Å². The summed E-state index contributed by atoms with van der Waals surface area (Å²) in [5.74, 6) is -1.27. The Hall–Kier alpha value is -2.42. The van der Waals surface area contributed by atoms with E-state index in [0.717, 1.165) is 4.57 Å². The van der Waals surface area contributed by atoms with Gasteiger partial charge < -0.3 is 15.2 Å². The number of benzene rings is 1. The van der Waals surface area contributed by atoms with E-state index in [1.54, 1.807) is 24.3 Å². The maximum absolute atomic E-state index is 12.8. The van der Waals surface area contributed by atoms with Crippen molar-refractivity contribution < 1.29 is 18.0 Å². The average molecular weight is 325 g/mol. The van der Waals surface area contributed by atoms with E-state index in [1.165, 1.54) is 4.90 Å². The van der Waals surface area contributed by atoms with Gasteiger partial charge in [0.25, 0.3) is 0 Å². The van der Waals surface area contributed by atoms with Gasteiger partial charge in [0, 0.05) is 13.1 Å². The van der Waals surface area contributed by atoms with Crippen LogP contribution < -0.4 is 5.73 Å². The Balaban J connectivity index is 1.77. The fourth-order valence-corrected chi connectivity index (χ4v) is 2.56. The van der Waals surface area contributed by atoms with Crippen molar-refractivity contribution in [1.29, 1.82) is 0 Å². The molecule has 0 saturated carbocycles. The molecule has 0 fully saturated rings. The highest BCUT2D eigenvalue weighted by molar-refractivity contribution is 5.83. The molecule has 3 rings (SSSR count). The Bertz CT molecular complexity index is 713. The van der Waals surface area contributed by atoms with E-state index < -0.39 is 18.0 Å². The van der Waals surface area contributed by atoms with Crippen molar-refractivity contribution >= 4 is 5.91 Å². The van der Waals surface area contributed by atoms with Gasteiger partial charge in [0.1, 0.15) is 6.04 Å². The second-order valence-electron chi connectivity index (χ2n) is 5.24. The van der Waals surface area contributed by atoms with Crippen molar-refractivity contribution in [1.82, 2.24) is 19.7 Å². The molecule has 0 radical (unpaired) electrons. The summed E-state index contributed by atoms with van der Waals surface area (Å²) in [5.41, 5.74) is 6.60. The molecule has 2 heterocycles. The Kier molecular flexibility index (Phi) is 3.80. The average Bonchev–Trinajstić information content (AvgIpc) is 2.97. The van der Waals surface area contributed by atoms with Gasteiger partial charge in [0.15, 0.2) is 5.82 Å². The van der Waals surface area contributed by atoms with Gasteiger partial charge in [-0.1, -0.05) is 30.3 Å². The summed E-state index contributed by atoms with van der Waals surface area (Å²) in [5, 5.41) is 6.73. The molecule has 1 atom stereocenters. The van der Waals surface area contributed by atoms with Crippen molar-refractivity contribution in [3.05, 3.63) is 47.5 Å². The van der Waals surface area contributed by atoms with E-state index >= 15 is 0 Å². The highest BCUT2D eigenvalue weighted by Gasteiger charge is 2.40. The molecular formula is C14H14F3N5O. The number of nitrogens with zero attached hydrogens (tertiary/aromatic N) is 4. The fraction of sp³-hybridized carbons (Fsp3) is 0.357. The quantitative estimate of drug-likeness (QED) is 0.904. The molecule has 1 amide bonds. The maximum atomic E-state index is 12.8. The van der Waals surface area contributed by atoms with Gasteiger partial charge in [-0.2, -0.15) is 13.2 Å². The third-order valence-corrected chi connectivity index (χ3v) is 3.74. The summed E-state index contributed by atoms with van der Waals surface area (Å²) >= 11 is 0. The van der Waals surface area contributed by atoms with Gasteiger partial charge in [-0.05, 0) is 5.56 Å². The Morgan fingerprint density at radius 2 is 1.87 bits per heavy atom. The van der Waals surface area contributed by atoms with E-state index in [1.807, 2.05) is 6.07 Å². The maximum Gasteiger partial charge on any atom is 0.451 e. The Morgan fingerprint density at radius 3 is 2.52 bits per heavy atom. The Labute approximate surface area is 129 Å². The summed E-state index contributed by atoms with van der Waals surface area (Å²) in [4.78, 5) is 13.8. The summed E-state index contributed by atoms with van der Waals surface area (Å²) in [7, 11) is 0. The third-order valence-electron chi connectivity index (χ3n) is 3.74. The first-order valence-corrected chi connectivity index (χ1v) is 6.96. The summed E-state index contributed by atoms with van der Waals surface area (Å²) in [6.07, 6.45) is -4.56. The molecule has 0 unspecified atom stereocenters. The van der Waals surface area contributed by atoms with E-state index in [2.05, 4.69) is 10.2 Å². The minimum absolute atomic E-state index is 0.00950. The first-order valence-electron chi connectivity index (χ1n) is 6.96. The standard InChI is InChI=1S/C14H14F3N5O/c15-14(16,17)13-20-19-10-8-21(6-7-22(10)13)12(23)11(18)9-4-2-1-3-5-9/h1-5,11H,6-8,18H2/t11-/m0/s1. The van der Waals surface area contributed by atoms with Crippen molar-refractivity contribution in [2.75, 3.05) is 6.54 Å². The molecular weight excluding hydrogens is 311 g/mol. The van der Waals surface area contributed by atoms with E-state index in [0.29, 0.717) is 5.56 Å². The van der Waals surface area contributed by atoms with Gasteiger partial charge in [-0.25, -0.2) is 0 Å². The zero-order chi connectivity index (χ0) is 16.6. The minimum Gasteiger partial charge on any atom is -0.332 e. The number of halogens is 3. The molecule has 0 bridgehead atoms. The zero-order valence-corrected chi connectivity index (χ0v) is 12.0. The molecule has 1 aliphatic rings. The van der Waals surface area contributed by atoms with Crippen LogP contribution in [0.3, 0.4) is 0 Å². The van der Waals surface area contributed by atoms with E-state index in [4.69, 9.17) is 5.73 Å². The lowest BCUT2D eigenvalue weighted by Gasteiger charge is -2.30. The van der Waals surface area contributed by atoms with E-state index in [9.17, 15) is 18.0 Å². The van der Waals surface area contributed by atoms with Crippen LogP contribution in [0.5, 0.6) is 0 Å². The van der Waals surface area contributed by atoms with Crippen LogP contribution in [-0.4, -0.2) is 32.1 Å². The van der Waals surface area contributed by atoms with Crippen LogP contribution in [0.25, 0.3) is 0 Å². The summed E-state index contributed by atoms with van der Waals surface area (Å²) in [6.45, 7) is 0.0837. The second kappa shape index (κ2) is 5.65. The number of rotatable bonds is 2. The molecule has 9 heteroatoms. The zero-order valence-electron chi connectivity index (χ0n) is 12.0. The molecule has 0 aliphatic carbocycles. The fourth-order valence-electron chi connectivity index (χ4n) is 2.56. The number of nitrogens with two attached hydrogens (primary N) is 1. The molecule has 23 heavy (non-hydrogen) atoms. The first-order chi connectivity index (χ1) is 10.9. The largest absolute Gasteiger partial charge is 0.451 e. The monoisotopic (exact) mass is 325 g/mol. The third kappa shape index (κ3) is 2.91. The lowest BCUT2D eigenvalue weighted by molar-refractivity contribution is -0.148. The van der Waals surface area contributed by atoms with Crippen LogP contribution in [-0.2, 0) is 24.1 Å². The number of hydrogen-bond acceptors (Lipinski definition) is 4. The van der Waals surface area contributed by atoms with Crippen LogP contribution in [0.2, 0.25) is 0 Å². The normalized spacial score (nSPS) is 16.1. The minimum atomic E-state index is -4.56. The lowest BCUT2D eigenvalue weighted by Crippen LogP contribution is -2.43. The number of hydrogen-bond donors (Lipinski definition) is 1. The van der Waals surface area contributed by atoms with Gasteiger partial charge in [-0.3, -0.25) is 4.79 Å². The molecule has 6 nitrogen and oxygen atoms in total. The van der Waals surface area contributed by atoms with Crippen molar-refractivity contribution in [3.63, 3.8) is 0 Å². The molecule has 0 saturated heterocycles. The van der Waals surface area contributed by atoms with Crippen molar-refractivity contribution in [2.45, 2.75) is 25.3 Å². The molecule has 1 aromatic carbocycles. The number of aromatic nitrogens is 3. The molecule has 2 N–H and O–H groups in total. The Morgan fingerprint density at radius 1 is 1.17 bits per heavy atom. The molecule has 0 spiro atoms. The molecule has 2 aromatic rings. The highest BCUT2D eigenvalue weighted by atomic mass is 19.4. The van der Waals surface area contributed by atoms with Gasteiger partial charge in [0.05, 0.1) is 6.54 Å².